The van der Waals surface area contributed by atoms with Gasteiger partial charge in [0.1, 0.15) is 11.9 Å². The molecule has 6 fully saturated rings. The molecule has 2 saturated heterocycles. The minimum absolute atomic E-state index is 0.0154. The van der Waals surface area contributed by atoms with Gasteiger partial charge in [-0.05, 0) is 118 Å². The van der Waals surface area contributed by atoms with Crippen molar-refractivity contribution in [1.29, 1.82) is 0 Å². The van der Waals surface area contributed by atoms with E-state index >= 15 is 4.79 Å². The van der Waals surface area contributed by atoms with Crippen molar-refractivity contribution in [3.05, 3.63) is 11.1 Å². The van der Waals surface area contributed by atoms with Crippen LogP contribution in [0.2, 0.25) is 0 Å². The van der Waals surface area contributed by atoms with Gasteiger partial charge in [0.15, 0.2) is 0 Å². The van der Waals surface area contributed by atoms with Crippen molar-refractivity contribution in [2.75, 3.05) is 13.1 Å². The van der Waals surface area contributed by atoms with Gasteiger partial charge in [0, 0.05) is 49.9 Å². The Kier molecular flexibility index (Phi) is 9.02. The molecule has 2 amide bonds. The molecule has 0 aromatic heterocycles. The summed E-state index contributed by atoms with van der Waals surface area (Å²) in [7, 11) is 0. The van der Waals surface area contributed by atoms with E-state index in [-0.39, 0.29) is 75.7 Å². The number of allylic oxidation sites excluding steroid dienone is 1. The molecule has 0 aromatic rings. The van der Waals surface area contributed by atoms with Crippen molar-refractivity contribution in [3.63, 3.8) is 0 Å². The van der Waals surface area contributed by atoms with Crippen molar-refractivity contribution >= 4 is 29.5 Å². The summed E-state index contributed by atoms with van der Waals surface area (Å²) in [5.74, 6) is -0.279. The van der Waals surface area contributed by atoms with Crippen LogP contribution in [-0.4, -0.2) is 75.7 Å². The first-order valence-corrected chi connectivity index (χ1v) is 20.8. The third-order valence-electron chi connectivity index (χ3n) is 17.3. The first-order chi connectivity index (χ1) is 24.5. The summed E-state index contributed by atoms with van der Waals surface area (Å²) in [5, 5.41) is 9.62. The van der Waals surface area contributed by atoms with Gasteiger partial charge in [0.25, 0.3) is 0 Å². The molecule has 0 aromatic carbocycles. The Bertz CT molecular complexity index is 1630. The van der Waals surface area contributed by atoms with E-state index in [0.717, 1.165) is 57.8 Å². The summed E-state index contributed by atoms with van der Waals surface area (Å²) >= 11 is 0. The maximum atomic E-state index is 15.2. The van der Waals surface area contributed by atoms with E-state index < -0.39 is 22.8 Å². The molecular formula is C44H66N2O7. The number of carboxylic acids is 1. The second kappa shape index (κ2) is 12.4. The van der Waals surface area contributed by atoms with Crippen LogP contribution in [-0.2, 0) is 28.7 Å². The highest BCUT2D eigenvalue weighted by Crippen LogP contribution is 2.76. The van der Waals surface area contributed by atoms with Gasteiger partial charge >= 0.3 is 11.9 Å². The number of ketones is 1. The van der Waals surface area contributed by atoms with E-state index in [9.17, 15) is 24.3 Å². The molecule has 7 rings (SSSR count). The molecule has 4 saturated carbocycles. The van der Waals surface area contributed by atoms with Crippen LogP contribution in [0.3, 0.4) is 0 Å². The molecular weight excluding hydrogens is 668 g/mol. The number of carbonyl (C=O) groups is 5. The molecule has 294 valence electrons. The number of esters is 1. The van der Waals surface area contributed by atoms with Crippen molar-refractivity contribution in [1.82, 2.24) is 9.80 Å². The number of Topliss-reactive ketones (excluding diaryl/α,β-unsaturated/α-hetero) is 1. The Morgan fingerprint density at radius 2 is 1.53 bits per heavy atom. The van der Waals surface area contributed by atoms with Gasteiger partial charge in [0.2, 0.25) is 11.8 Å². The number of likely N-dealkylation sites (tertiary alicyclic amines) is 1. The first-order valence-electron chi connectivity index (χ1n) is 20.8. The van der Waals surface area contributed by atoms with E-state index in [0.29, 0.717) is 37.8 Å². The van der Waals surface area contributed by atoms with Gasteiger partial charge in [-0.2, -0.15) is 0 Å². The molecule has 0 spiro atoms. The summed E-state index contributed by atoms with van der Waals surface area (Å²) in [4.78, 5) is 70.8. The summed E-state index contributed by atoms with van der Waals surface area (Å²) in [6.45, 7) is 22.3. The lowest BCUT2D eigenvalue weighted by molar-refractivity contribution is -0.214. The monoisotopic (exact) mass is 734 g/mol. The summed E-state index contributed by atoms with van der Waals surface area (Å²) in [6.07, 6.45) is 9.05. The maximum absolute atomic E-state index is 15.2. The Labute approximate surface area is 317 Å². The van der Waals surface area contributed by atoms with Crippen LogP contribution < -0.4 is 0 Å². The molecule has 2 aliphatic heterocycles. The number of ether oxygens (including phenoxy) is 1. The lowest BCUT2D eigenvalue weighted by Gasteiger charge is -2.70. The molecule has 1 N–H and O–H groups in total. The van der Waals surface area contributed by atoms with E-state index in [1.165, 1.54) is 11.1 Å². The van der Waals surface area contributed by atoms with Gasteiger partial charge in [-0.1, -0.05) is 54.0 Å². The standard InChI is InChI=1S/C44H66N2O7/c1-25(2)35-30(48)21-44(37(50)46-27-11-12-28(46)24-45(23-27)26(3)47)20-19-42(9)29(36(35)44)13-14-32-41(8)17-16-33(53-34(49)22-39(4,5)38(51)52)40(6,7)31(41)15-18-43(32,42)10/h25,27-28,31-33,35H,11-24H2,1-10H3,(H,51,52)/t27?,28?,31?,32?,33-,35?,41-,42+,43+,44+/m0/s1. The number of carboxylic acid groups (broad SMARTS) is 1. The SMILES string of the molecule is CC(=O)N1CC2CCC(C1)N2C(=O)[C@@]12CC[C@]3(C)C(=C1C(C(C)C)C(=O)C2)CCC1[C@@]2(C)CC[C@H](OC(=O)CC(C)(C)C(=O)O)C(C)(C)C2CC[C@]13C. The smallest absolute Gasteiger partial charge is 0.309 e. The highest BCUT2D eigenvalue weighted by atomic mass is 16.5. The van der Waals surface area contributed by atoms with Crippen molar-refractivity contribution < 1.29 is 33.8 Å². The number of aliphatic carboxylic acids is 1. The predicted molar refractivity (Wildman–Crippen MR) is 201 cm³/mol. The summed E-state index contributed by atoms with van der Waals surface area (Å²) in [5.41, 5.74) is 0.271. The Hall–Kier alpha value is -2.71. The predicted octanol–water partition coefficient (Wildman–Crippen LogP) is 7.60. The molecule has 53 heavy (non-hydrogen) atoms. The number of piperazine rings is 1. The molecule has 7 aliphatic rings. The highest BCUT2D eigenvalue weighted by Gasteiger charge is 2.70. The molecule has 10 atom stereocenters. The van der Waals surface area contributed by atoms with Crippen molar-refractivity contribution in [2.45, 2.75) is 164 Å². The van der Waals surface area contributed by atoms with Crippen LogP contribution in [0.1, 0.15) is 146 Å². The second-order valence-corrected chi connectivity index (χ2v) is 21.0. The molecule has 2 bridgehead atoms. The van der Waals surface area contributed by atoms with E-state index in [4.69, 9.17) is 4.74 Å². The third-order valence-corrected chi connectivity index (χ3v) is 17.3. The number of rotatable bonds is 6. The molecule has 0 radical (unpaired) electrons. The lowest BCUT2D eigenvalue weighted by Crippen LogP contribution is -2.65. The number of amides is 2. The summed E-state index contributed by atoms with van der Waals surface area (Å²) < 4.78 is 6.17. The van der Waals surface area contributed by atoms with Crippen LogP contribution in [0.5, 0.6) is 0 Å². The van der Waals surface area contributed by atoms with Crippen LogP contribution in [0, 0.1) is 56.2 Å². The minimum Gasteiger partial charge on any atom is -0.481 e. The first kappa shape index (κ1) is 38.6. The van der Waals surface area contributed by atoms with Crippen molar-refractivity contribution in [2.24, 2.45) is 56.2 Å². The average molecular weight is 735 g/mol. The van der Waals surface area contributed by atoms with E-state index in [1.54, 1.807) is 20.8 Å². The molecule has 2 heterocycles. The van der Waals surface area contributed by atoms with Gasteiger partial charge < -0.3 is 19.6 Å². The average Bonchev–Trinajstić information content (AvgIpc) is 3.51. The topological polar surface area (TPSA) is 121 Å². The van der Waals surface area contributed by atoms with Gasteiger partial charge in [-0.25, -0.2) is 0 Å². The number of nitrogens with zero attached hydrogens (tertiary/aromatic N) is 2. The third kappa shape index (κ3) is 5.37. The zero-order chi connectivity index (χ0) is 38.8. The highest BCUT2D eigenvalue weighted by molar-refractivity contribution is 6.01. The molecule has 9 nitrogen and oxygen atoms in total. The van der Waals surface area contributed by atoms with Crippen LogP contribution in [0.4, 0.5) is 0 Å². The molecule has 5 aliphatic carbocycles. The van der Waals surface area contributed by atoms with Crippen molar-refractivity contribution in [3.8, 4) is 0 Å². The van der Waals surface area contributed by atoms with Crippen LogP contribution >= 0.6 is 0 Å². The van der Waals surface area contributed by atoms with E-state index in [1.807, 2.05) is 4.90 Å². The zero-order valence-electron chi connectivity index (χ0n) is 34.2. The van der Waals surface area contributed by atoms with Crippen LogP contribution in [0.25, 0.3) is 0 Å². The quantitative estimate of drug-likeness (QED) is 0.220. The number of hydrogen-bond acceptors (Lipinski definition) is 6. The van der Waals surface area contributed by atoms with Gasteiger partial charge in [0.05, 0.1) is 17.3 Å². The van der Waals surface area contributed by atoms with Crippen LogP contribution in [0.15, 0.2) is 11.1 Å². The number of fused-ring (bicyclic) bond motifs is 8. The fourth-order valence-electron chi connectivity index (χ4n) is 14.3. The fraction of sp³-hybridized carbons (Fsp3) is 0.841. The normalized spacial score (nSPS) is 41.8. The second-order valence-electron chi connectivity index (χ2n) is 21.0. The number of hydrogen-bond donors (Lipinski definition) is 1. The van der Waals surface area contributed by atoms with E-state index in [2.05, 4.69) is 53.4 Å². The van der Waals surface area contributed by atoms with Gasteiger partial charge in [-0.15, -0.1) is 0 Å². The number of carbonyl (C=O) groups excluding carboxylic acids is 4. The summed E-state index contributed by atoms with van der Waals surface area (Å²) in [6, 6.07) is 0.0503. The Balaban J connectivity index is 1.21. The zero-order valence-corrected chi connectivity index (χ0v) is 34.2. The fourth-order valence-corrected chi connectivity index (χ4v) is 14.3. The largest absolute Gasteiger partial charge is 0.481 e. The molecule has 9 heteroatoms. The lowest BCUT2D eigenvalue weighted by atomic mass is 9.34. The molecule has 5 unspecified atom stereocenters. The Morgan fingerprint density at radius 3 is 2.11 bits per heavy atom. The maximum Gasteiger partial charge on any atom is 0.309 e. The van der Waals surface area contributed by atoms with Gasteiger partial charge in [-0.3, -0.25) is 24.0 Å². The Morgan fingerprint density at radius 1 is 0.887 bits per heavy atom. The minimum atomic E-state index is -1.17.